The summed E-state index contributed by atoms with van der Waals surface area (Å²) < 4.78 is 5.84. The fraction of sp³-hybridized carbons (Fsp3) is 1.00. The largest absolute Gasteiger partial charge is 0.378 e. The van der Waals surface area contributed by atoms with Crippen LogP contribution in [-0.2, 0) is 4.74 Å². The fourth-order valence-corrected chi connectivity index (χ4v) is 3.62. The molecule has 0 amide bonds. The molecule has 0 spiro atoms. The molecule has 0 aromatic carbocycles. The average Bonchev–Trinajstić information content (AvgIpc) is 3.13. The molecule has 3 aliphatic rings. The van der Waals surface area contributed by atoms with Crippen LogP contribution in [0.1, 0.15) is 51.9 Å². The first-order chi connectivity index (χ1) is 8.86. The van der Waals surface area contributed by atoms with Gasteiger partial charge in [-0.25, -0.2) is 0 Å². The van der Waals surface area contributed by atoms with E-state index in [2.05, 4.69) is 17.1 Å². The van der Waals surface area contributed by atoms with Crippen molar-refractivity contribution in [1.82, 2.24) is 10.2 Å². The van der Waals surface area contributed by atoms with E-state index in [-0.39, 0.29) is 0 Å². The van der Waals surface area contributed by atoms with Crippen LogP contribution in [0.15, 0.2) is 0 Å². The van der Waals surface area contributed by atoms with Crippen molar-refractivity contribution in [3.8, 4) is 0 Å². The fourth-order valence-electron chi connectivity index (χ4n) is 3.62. The minimum Gasteiger partial charge on any atom is -0.378 e. The van der Waals surface area contributed by atoms with Crippen molar-refractivity contribution in [2.45, 2.75) is 76.1 Å². The first kappa shape index (κ1) is 12.9. The van der Waals surface area contributed by atoms with E-state index in [1.165, 1.54) is 58.0 Å². The third-order valence-corrected chi connectivity index (χ3v) is 4.87. The highest BCUT2D eigenvalue weighted by Gasteiger charge is 2.37. The quantitative estimate of drug-likeness (QED) is 0.811. The average molecular weight is 252 g/mol. The molecule has 3 fully saturated rings. The Morgan fingerprint density at radius 3 is 2.72 bits per heavy atom. The lowest BCUT2D eigenvalue weighted by Gasteiger charge is -2.39. The van der Waals surface area contributed by atoms with Gasteiger partial charge in [-0.05, 0) is 51.5 Å². The summed E-state index contributed by atoms with van der Waals surface area (Å²) in [4.78, 5) is 2.83. The molecule has 104 valence electrons. The van der Waals surface area contributed by atoms with Gasteiger partial charge < -0.3 is 10.1 Å². The summed E-state index contributed by atoms with van der Waals surface area (Å²) in [5.41, 5.74) is 0. The van der Waals surface area contributed by atoms with Gasteiger partial charge in [-0.3, -0.25) is 4.90 Å². The topological polar surface area (TPSA) is 24.5 Å². The molecule has 1 N–H and O–H groups in total. The number of hydrogen-bond acceptors (Lipinski definition) is 3. The van der Waals surface area contributed by atoms with E-state index in [0.717, 1.165) is 24.7 Å². The van der Waals surface area contributed by atoms with Gasteiger partial charge in [0.1, 0.15) is 0 Å². The molecule has 2 heterocycles. The molecule has 0 aromatic rings. The molecular weight excluding hydrogens is 224 g/mol. The lowest BCUT2D eigenvalue weighted by atomic mass is 9.99. The summed E-state index contributed by atoms with van der Waals surface area (Å²) in [6.45, 7) is 5.75. The van der Waals surface area contributed by atoms with Gasteiger partial charge in [0.15, 0.2) is 0 Å². The minimum absolute atomic E-state index is 0.515. The molecule has 1 aliphatic carbocycles. The van der Waals surface area contributed by atoms with Crippen LogP contribution < -0.4 is 5.32 Å². The monoisotopic (exact) mass is 252 g/mol. The van der Waals surface area contributed by atoms with Crippen LogP contribution in [0, 0.1) is 0 Å². The predicted molar refractivity (Wildman–Crippen MR) is 73.8 cm³/mol. The van der Waals surface area contributed by atoms with Gasteiger partial charge in [0, 0.05) is 31.3 Å². The molecule has 0 radical (unpaired) electrons. The van der Waals surface area contributed by atoms with Crippen LogP contribution in [0.4, 0.5) is 0 Å². The lowest BCUT2D eigenvalue weighted by Crippen LogP contribution is -2.48. The Balaban J connectivity index is 1.57. The van der Waals surface area contributed by atoms with Gasteiger partial charge in [-0.2, -0.15) is 0 Å². The Bertz CT molecular complexity index is 261. The van der Waals surface area contributed by atoms with Crippen molar-refractivity contribution in [3.05, 3.63) is 0 Å². The van der Waals surface area contributed by atoms with E-state index in [9.17, 15) is 0 Å². The molecule has 3 unspecified atom stereocenters. The van der Waals surface area contributed by atoms with Gasteiger partial charge in [-0.15, -0.1) is 0 Å². The van der Waals surface area contributed by atoms with Crippen molar-refractivity contribution in [2.75, 3.05) is 19.7 Å². The Hall–Kier alpha value is -0.120. The molecule has 1 saturated carbocycles. The third kappa shape index (κ3) is 3.06. The second-order valence-corrected chi connectivity index (χ2v) is 6.30. The Morgan fingerprint density at radius 2 is 2.06 bits per heavy atom. The van der Waals surface area contributed by atoms with Crippen LogP contribution in [-0.4, -0.2) is 48.8 Å². The zero-order valence-electron chi connectivity index (χ0n) is 11.7. The molecular formula is C15H28N2O. The maximum absolute atomic E-state index is 5.84. The maximum Gasteiger partial charge on any atom is 0.0587 e. The van der Waals surface area contributed by atoms with E-state index in [4.69, 9.17) is 4.74 Å². The summed E-state index contributed by atoms with van der Waals surface area (Å²) in [5, 5.41) is 3.66. The molecule has 3 atom stereocenters. The number of nitrogens with zero attached hydrogens (tertiary/aromatic N) is 1. The van der Waals surface area contributed by atoms with Crippen molar-refractivity contribution in [1.29, 1.82) is 0 Å². The number of nitrogens with one attached hydrogen (secondary N) is 1. The highest BCUT2D eigenvalue weighted by Crippen LogP contribution is 2.33. The van der Waals surface area contributed by atoms with Crippen LogP contribution in [0.2, 0.25) is 0 Å². The molecule has 0 bridgehead atoms. The highest BCUT2D eigenvalue weighted by atomic mass is 16.5. The van der Waals surface area contributed by atoms with E-state index >= 15 is 0 Å². The Labute approximate surface area is 111 Å². The van der Waals surface area contributed by atoms with Crippen LogP contribution >= 0.6 is 0 Å². The zero-order valence-corrected chi connectivity index (χ0v) is 11.7. The van der Waals surface area contributed by atoms with Gasteiger partial charge in [-0.1, -0.05) is 6.92 Å². The highest BCUT2D eigenvalue weighted by molar-refractivity contribution is 4.93. The summed E-state index contributed by atoms with van der Waals surface area (Å²) in [5.74, 6) is 0. The molecule has 3 rings (SSSR count). The van der Waals surface area contributed by atoms with Crippen molar-refractivity contribution < 1.29 is 4.74 Å². The predicted octanol–water partition coefficient (Wildman–Crippen LogP) is 2.16. The van der Waals surface area contributed by atoms with Crippen LogP contribution in [0.5, 0.6) is 0 Å². The molecule has 3 nitrogen and oxygen atoms in total. The number of hydrogen-bond donors (Lipinski definition) is 1. The lowest BCUT2D eigenvalue weighted by molar-refractivity contribution is -0.0316. The zero-order chi connectivity index (χ0) is 12.4. The third-order valence-electron chi connectivity index (χ3n) is 4.87. The number of rotatable bonds is 5. The second-order valence-electron chi connectivity index (χ2n) is 6.30. The second kappa shape index (κ2) is 5.89. The normalized spacial score (nSPS) is 37.3. The summed E-state index contributed by atoms with van der Waals surface area (Å²) in [6.07, 6.45) is 9.82. The van der Waals surface area contributed by atoms with Gasteiger partial charge in [0.2, 0.25) is 0 Å². The van der Waals surface area contributed by atoms with E-state index in [0.29, 0.717) is 6.10 Å². The van der Waals surface area contributed by atoms with Gasteiger partial charge in [0.05, 0.1) is 6.10 Å². The van der Waals surface area contributed by atoms with Crippen molar-refractivity contribution in [2.24, 2.45) is 0 Å². The minimum atomic E-state index is 0.515. The Morgan fingerprint density at radius 1 is 1.17 bits per heavy atom. The van der Waals surface area contributed by atoms with Crippen molar-refractivity contribution >= 4 is 0 Å². The summed E-state index contributed by atoms with van der Waals surface area (Å²) in [7, 11) is 0. The first-order valence-corrected chi connectivity index (χ1v) is 7.97. The summed E-state index contributed by atoms with van der Waals surface area (Å²) >= 11 is 0. The Kier molecular flexibility index (Phi) is 4.22. The molecule has 2 aliphatic heterocycles. The maximum atomic E-state index is 5.84. The molecule has 2 saturated heterocycles. The SMILES string of the molecule is CCC1CC(N(CC2CCCN2)C2CC2)CCO1. The van der Waals surface area contributed by atoms with Gasteiger partial charge >= 0.3 is 0 Å². The molecule has 0 aromatic heterocycles. The van der Waals surface area contributed by atoms with Crippen LogP contribution in [0.3, 0.4) is 0 Å². The standard InChI is InChI=1S/C15H28N2O/c1-2-15-10-14(7-9-18-15)17(13-5-6-13)11-12-4-3-8-16-12/h12-16H,2-11H2,1H3. The smallest absolute Gasteiger partial charge is 0.0587 e. The van der Waals surface area contributed by atoms with E-state index < -0.39 is 0 Å². The van der Waals surface area contributed by atoms with Crippen molar-refractivity contribution in [3.63, 3.8) is 0 Å². The number of ether oxygens (including phenoxy) is 1. The van der Waals surface area contributed by atoms with E-state index in [1.54, 1.807) is 0 Å². The summed E-state index contributed by atoms with van der Waals surface area (Å²) in [6, 6.07) is 2.44. The molecule has 18 heavy (non-hydrogen) atoms. The van der Waals surface area contributed by atoms with E-state index in [1.807, 2.05) is 0 Å². The van der Waals surface area contributed by atoms with Crippen LogP contribution in [0.25, 0.3) is 0 Å². The molecule has 3 heteroatoms. The first-order valence-electron chi connectivity index (χ1n) is 7.97. The van der Waals surface area contributed by atoms with Gasteiger partial charge in [0.25, 0.3) is 0 Å².